The van der Waals surface area contributed by atoms with Crippen molar-refractivity contribution in [1.29, 1.82) is 0 Å². The summed E-state index contributed by atoms with van der Waals surface area (Å²) in [6.45, 7) is 1.92. The first-order valence-corrected chi connectivity index (χ1v) is 7.31. The highest BCUT2D eigenvalue weighted by atomic mass is 19.3. The molecule has 0 fully saturated rings. The molecule has 0 aliphatic carbocycles. The Hall–Kier alpha value is -1.99. The number of alkyl halides is 2. The molecule has 1 heterocycles. The first kappa shape index (κ1) is 17.4. The number of hydrogen-bond donors (Lipinski definition) is 2. The van der Waals surface area contributed by atoms with E-state index in [0.717, 1.165) is 17.0 Å². The van der Waals surface area contributed by atoms with Gasteiger partial charge in [0.25, 0.3) is 0 Å². The van der Waals surface area contributed by atoms with Crippen LogP contribution in [0.4, 0.5) is 8.78 Å². The number of aliphatic hydroxyl groups is 1. The van der Waals surface area contributed by atoms with E-state index in [1.807, 2.05) is 25.6 Å². The van der Waals surface area contributed by atoms with Crippen molar-refractivity contribution in [2.24, 2.45) is 7.05 Å². The number of ether oxygens (including phenoxy) is 1. The fourth-order valence-corrected chi connectivity index (χ4v) is 2.42. The average molecular weight is 325 g/mol. The summed E-state index contributed by atoms with van der Waals surface area (Å²) in [7, 11) is 1.88. The van der Waals surface area contributed by atoms with E-state index >= 15 is 0 Å². The smallest absolute Gasteiger partial charge is 0.387 e. The molecule has 0 amide bonds. The van der Waals surface area contributed by atoms with Crippen LogP contribution < -0.4 is 10.1 Å². The van der Waals surface area contributed by atoms with Crippen molar-refractivity contribution in [2.75, 3.05) is 6.54 Å². The van der Waals surface area contributed by atoms with Crippen LogP contribution >= 0.6 is 0 Å². The fraction of sp³-hybridized carbons (Fsp3) is 0.438. The monoisotopic (exact) mass is 325 g/mol. The Balaban J connectivity index is 1.93. The molecular formula is C16H21F2N3O2. The molecule has 126 valence electrons. The third kappa shape index (κ3) is 4.49. The van der Waals surface area contributed by atoms with Crippen molar-refractivity contribution >= 4 is 0 Å². The Bertz CT molecular complexity index is 659. The minimum atomic E-state index is -2.88. The number of aliphatic hydroxyl groups excluding tert-OH is 1. The van der Waals surface area contributed by atoms with Gasteiger partial charge in [0.2, 0.25) is 0 Å². The lowest BCUT2D eigenvalue weighted by Crippen LogP contribution is -2.21. The lowest BCUT2D eigenvalue weighted by Gasteiger charge is -2.14. The molecule has 0 bridgehead atoms. The van der Waals surface area contributed by atoms with E-state index in [9.17, 15) is 13.9 Å². The second kappa shape index (κ2) is 7.52. The Morgan fingerprint density at radius 1 is 1.35 bits per heavy atom. The van der Waals surface area contributed by atoms with Gasteiger partial charge in [-0.3, -0.25) is 4.68 Å². The first-order chi connectivity index (χ1) is 10.9. The first-order valence-electron chi connectivity index (χ1n) is 7.31. The maximum Gasteiger partial charge on any atom is 0.387 e. The predicted octanol–water partition coefficient (Wildman–Crippen LogP) is 2.46. The van der Waals surface area contributed by atoms with E-state index in [-0.39, 0.29) is 5.75 Å². The predicted molar refractivity (Wildman–Crippen MR) is 82.4 cm³/mol. The molecule has 1 aromatic heterocycles. The SMILES string of the molecule is Cc1nn(C)c(C)c1CNCC(O)c1cccc(OC(F)F)c1. The third-order valence-electron chi connectivity index (χ3n) is 3.77. The van der Waals surface area contributed by atoms with Gasteiger partial charge in [-0.1, -0.05) is 12.1 Å². The normalized spacial score (nSPS) is 12.7. The highest BCUT2D eigenvalue weighted by Gasteiger charge is 2.12. The van der Waals surface area contributed by atoms with Gasteiger partial charge in [-0.25, -0.2) is 0 Å². The summed E-state index contributed by atoms with van der Waals surface area (Å²) in [5.41, 5.74) is 3.63. The molecule has 0 radical (unpaired) electrons. The number of nitrogens with one attached hydrogen (secondary N) is 1. The summed E-state index contributed by atoms with van der Waals surface area (Å²) in [6, 6.07) is 6.09. The second-order valence-electron chi connectivity index (χ2n) is 5.37. The van der Waals surface area contributed by atoms with E-state index in [1.54, 1.807) is 12.1 Å². The van der Waals surface area contributed by atoms with Gasteiger partial charge in [0, 0.05) is 31.4 Å². The van der Waals surface area contributed by atoms with E-state index in [2.05, 4.69) is 15.2 Å². The molecule has 0 aliphatic heterocycles. The van der Waals surface area contributed by atoms with Crippen molar-refractivity contribution in [3.63, 3.8) is 0 Å². The summed E-state index contributed by atoms with van der Waals surface area (Å²) < 4.78 is 30.6. The lowest BCUT2D eigenvalue weighted by atomic mass is 10.1. The maximum atomic E-state index is 12.2. The molecule has 2 N–H and O–H groups in total. The number of aryl methyl sites for hydroxylation is 2. The topological polar surface area (TPSA) is 59.3 Å². The quantitative estimate of drug-likeness (QED) is 0.821. The zero-order valence-corrected chi connectivity index (χ0v) is 13.4. The van der Waals surface area contributed by atoms with Crippen LogP contribution in [0.2, 0.25) is 0 Å². The van der Waals surface area contributed by atoms with Crippen LogP contribution in [0.15, 0.2) is 24.3 Å². The van der Waals surface area contributed by atoms with Crippen molar-refractivity contribution in [3.05, 3.63) is 46.8 Å². The third-order valence-corrected chi connectivity index (χ3v) is 3.77. The van der Waals surface area contributed by atoms with Crippen molar-refractivity contribution in [1.82, 2.24) is 15.1 Å². The summed E-state index contributed by atoms with van der Waals surface area (Å²) >= 11 is 0. The van der Waals surface area contributed by atoms with E-state index in [4.69, 9.17) is 0 Å². The van der Waals surface area contributed by atoms with Crippen LogP contribution in [0.5, 0.6) is 5.75 Å². The molecule has 0 aliphatic rings. The van der Waals surface area contributed by atoms with Crippen LogP contribution in [-0.4, -0.2) is 28.0 Å². The molecule has 2 rings (SSSR count). The zero-order chi connectivity index (χ0) is 17.0. The second-order valence-corrected chi connectivity index (χ2v) is 5.37. The van der Waals surface area contributed by atoms with Crippen molar-refractivity contribution < 1.29 is 18.6 Å². The Morgan fingerprint density at radius 3 is 2.70 bits per heavy atom. The maximum absolute atomic E-state index is 12.2. The number of hydrogen-bond acceptors (Lipinski definition) is 4. The molecule has 23 heavy (non-hydrogen) atoms. The van der Waals surface area contributed by atoms with Gasteiger partial charge < -0.3 is 15.2 Å². The summed E-state index contributed by atoms with van der Waals surface area (Å²) in [4.78, 5) is 0. The molecule has 2 aromatic rings. The van der Waals surface area contributed by atoms with Crippen molar-refractivity contribution in [2.45, 2.75) is 33.1 Å². The Kier molecular flexibility index (Phi) is 5.68. The van der Waals surface area contributed by atoms with Gasteiger partial charge in [0.05, 0.1) is 11.8 Å². The number of halogens is 2. The highest BCUT2D eigenvalue weighted by molar-refractivity contribution is 5.30. The lowest BCUT2D eigenvalue weighted by molar-refractivity contribution is -0.0499. The van der Waals surface area contributed by atoms with E-state index in [0.29, 0.717) is 18.7 Å². The minimum absolute atomic E-state index is 0.0375. The van der Waals surface area contributed by atoms with Gasteiger partial charge >= 0.3 is 6.61 Å². The number of benzene rings is 1. The van der Waals surface area contributed by atoms with Gasteiger partial charge in [0.15, 0.2) is 0 Å². The Morgan fingerprint density at radius 2 is 2.09 bits per heavy atom. The summed E-state index contributed by atoms with van der Waals surface area (Å²) in [6.07, 6.45) is -0.812. The molecule has 7 heteroatoms. The van der Waals surface area contributed by atoms with Crippen LogP contribution in [0.25, 0.3) is 0 Å². The van der Waals surface area contributed by atoms with Crippen LogP contribution in [0, 0.1) is 13.8 Å². The number of aromatic nitrogens is 2. The highest BCUT2D eigenvalue weighted by Crippen LogP contribution is 2.20. The number of rotatable bonds is 7. The van der Waals surface area contributed by atoms with Gasteiger partial charge in [-0.15, -0.1) is 0 Å². The van der Waals surface area contributed by atoms with Crippen LogP contribution in [0.3, 0.4) is 0 Å². The number of nitrogens with zero attached hydrogens (tertiary/aromatic N) is 2. The molecule has 5 nitrogen and oxygen atoms in total. The molecule has 1 atom stereocenters. The van der Waals surface area contributed by atoms with E-state index in [1.165, 1.54) is 12.1 Å². The molecule has 1 aromatic carbocycles. The zero-order valence-electron chi connectivity index (χ0n) is 13.4. The Labute approximate surface area is 133 Å². The molecular weight excluding hydrogens is 304 g/mol. The molecule has 0 spiro atoms. The average Bonchev–Trinajstić information content (AvgIpc) is 2.73. The van der Waals surface area contributed by atoms with Crippen LogP contribution in [0.1, 0.15) is 28.6 Å². The van der Waals surface area contributed by atoms with Gasteiger partial charge in [0.1, 0.15) is 5.75 Å². The molecule has 0 saturated carbocycles. The fourth-order valence-electron chi connectivity index (χ4n) is 2.42. The van der Waals surface area contributed by atoms with E-state index < -0.39 is 12.7 Å². The molecule has 0 saturated heterocycles. The summed E-state index contributed by atoms with van der Waals surface area (Å²) in [5, 5.41) is 17.7. The largest absolute Gasteiger partial charge is 0.435 e. The summed E-state index contributed by atoms with van der Waals surface area (Å²) in [5.74, 6) is 0.0375. The van der Waals surface area contributed by atoms with Gasteiger partial charge in [-0.2, -0.15) is 13.9 Å². The minimum Gasteiger partial charge on any atom is -0.435 e. The van der Waals surface area contributed by atoms with Gasteiger partial charge in [-0.05, 0) is 31.5 Å². The molecule has 1 unspecified atom stereocenters. The standard InChI is InChI=1S/C16H21F2N3O2/c1-10-14(11(2)21(3)20-10)8-19-9-15(22)12-5-4-6-13(7-12)23-16(17)18/h4-7,15-16,19,22H,8-9H2,1-3H3. The van der Waals surface area contributed by atoms with Crippen LogP contribution in [-0.2, 0) is 13.6 Å². The van der Waals surface area contributed by atoms with Crippen molar-refractivity contribution in [3.8, 4) is 5.75 Å².